The first-order valence-electron chi connectivity index (χ1n) is 20.1. The maximum absolute atomic E-state index is 14.1. The van der Waals surface area contributed by atoms with Crippen LogP contribution in [-0.4, -0.2) is 111 Å². The van der Waals surface area contributed by atoms with Crippen LogP contribution in [0.4, 0.5) is 5.69 Å². The highest BCUT2D eigenvalue weighted by atomic mass is 28.4. The lowest BCUT2D eigenvalue weighted by Gasteiger charge is -2.49. The van der Waals surface area contributed by atoms with E-state index in [9.17, 15) is 14.7 Å². The Morgan fingerprint density at radius 3 is 1.57 bits per heavy atom. The zero-order valence-electron chi connectivity index (χ0n) is 34.2. The van der Waals surface area contributed by atoms with Crippen molar-refractivity contribution in [1.29, 1.82) is 0 Å². The number of hydrogen-bond acceptors (Lipinski definition) is 12. The quantitative estimate of drug-likeness (QED) is 0.0944. The van der Waals surface area contributed by atoms with Crippen molar-refractivity contribution in [1.82, 2.24) is 0 Å². The van der Waals surface area contributed by atoms with Crippen molar-refractivity contribution in [2.24, 2.45) is 0 Å². The largest absolute Gasteiger partial charge is 0.454 e. The molecular formula is C38H69NO11Si3. The lowest BCUT2D eigenvalue weighted by molar-refractivity contribution is -0.326. The molecule has 2 heterocycles. The lowest BCUT2D eigenvalue weighted by Crippen LogP contribution is -2.65. The van der Waals surface area contributed by atoms with E-state index >= 15 is 0 Å². The van der Waals surface area contributed by atoms with Crippen molar-refractivity contribution in [2.45, 2.75) is 173 Å². The van der Waals surface area contributed by atoms with Gasteiger partial charge in [-0.15, -0.1) is 0 Å². The normalized spacial score (nSPS) is 26.9. The molecule has 0 bridgehead atoms. The summed E-state index contributed by atoms with van der Waals surface area (Å²) in [4.78, 5) is 26.5. The van der Waals surface area contributed by atoms with Gasteiger partial charge < -0.3 is 47.4 Å². The summed E-state index contributed by atoms with van der Waals surface area (Å²) >= 11 is 0. The Bertz CT molecular complexity index is 1240. The van der Waals surface area contributed by atoms with Crippen LogP contribution in [0, 0.1) is 0 Å². The zero-order chi connectivity index (χ0) is 39.4. The molecule has 2 saturated heterocycles. The van der Waals surface area contributed by atoms with Crippen molar-refractivity contribution < 1.29 is 51.7 Å². The Labute approximate surface area is 321 Å². The van der Waals surface area contributed by atoms with Crippen LogP contribution in [0.5, 0.6) is 0 Å². The molecule has 15 heteroatoms. The van der Waals surface area contributed by atoms with Gasteiger partial charge in [0.25, 0.3) is 0 Å². The summed E-state index contributed by atoms with van der Waals surface area (Å²) in [6, 6.07) is 15.0. The molecule has 0 saturated carbocycles. The first-order chi connectivity index (χ1) is 25.3. The van der Waals surface area contributed by atoms with E-state index in [2.05, 4.69) is 67.6 Å². The number of aliphatic hydroxyl groups excluding tert-OH is 1. The summed E-state index contributed by atoms with van der Waals surface area (Å²) in [6.07, 6.45) is -7.83. The highest BCUT2D eigenvalue weighted by Crippen LogP contribution is 2.37. The number of carbonyl (C=O) groups excluding carboxylic acids is 2. The second kappa shape index (κ2) is 21.0. The minimum Gasteiger partial charge on any atom is -0.454 e. The maximum atomic E-state index is 14.1. The van der Waals surface area contributed by atoms with Crippen molar-refractivity contribution in [3.8, 4) is 0 Å². The van der Waals surface area contributed by atoms with Gasteiger partial charge in [-0.3, -0.25) is 4.79 Å². The molecule has 0 amide bonds. The van der Waals surface area contributed by atoms with E-state index in [0.717, 1.165) is 60.1 Å². The summed E-state index contributed by atoms with van der Waals surface area (Å²) in [6.45, 7) is 20.8. The summed E-state index contributed by atoms with van der Waals surface area (Å²) < 4.78 is 52.7. The fourth-order valence-electron chi connectivity index (χ4n) is 7.62. The third-order valence-electron chi connectivity index (χ3n) is 12.0. The van der Waals surface area contributed by atoms with Crippen molar-refractivity contribution >= 4 is 42.6 Å². The Balaban J connectivity index is 2.19. The highest BCUT2D eigenvalue weighted by molar-refractivity contribution is 6.74. The second-order valence-electron chi connectivity index (χ2n) is 14.4. The van der Waals surface area contributed by atoms with E-state index in [1.807, 2.05) is 19.2 Å². The van der Waals surface area contributed by atoms with Gasteiger partial charge in [-0.05, 0) is 78.7 Å². The van der Waals surface area contributed by atoms with Gasteiger partial charge in [-0.25, -0.2) is 4.79 Å². The molecule has 8 atom stereocenters. The predicted octanol–water partition coefficient (Wildman–Crippen LogP) is 7.45. The van der Waals surface area contributed by atoms with Gasteiger partial charge in [-0.1, -0.05) is 62.3 Å². The van der Waals surface area contributed by atoms with Crippen LogP contribution in [0.15, 0.2) is 24.3 Å². The molecule has 0 aliphatic carbocycles. The fourth-order valence-corrected chi connectivity index (χ4v) is 16.2. The molecule has 2 aliphatic rings. The first kappa shape index (κ1) is 45.7. The fraction of sp³-hybridized carbons (Fsp3) is 0.789. The number of carbonyl (C=O) groups is 2. The Hall–Kier alpha value is -1.67. The van der Waals surface area contributed by atoms with Crippen molar-refractivity contribution in [3.63, 3.8) is 0 Å². The SMILES string of the molecule is CC[Si](CC)(CC)O[C@@H]1[C@@H](OC(=O)c2ccc(NC)cc2)[C@H](O[C@H]2[C@@H](O[Si](CC)(CC)CC)COC(O)[C@@H]2OC(C)=O)OC[C@H]1O[Si](CC)(CC)CC. The number of hydrogen-bond donors (Lipinski definition) is 2. The number of aliphatic hydroxyl groups is 1. The molecule has 0 aromatic heterocycles. The number of benzene rings is 1. The van der Waals surface area contributed by atoms with E-state index in [1.54, 1.807) is 12.1 Å². The molecule has 3 rings (SSSR count). The number of ether oxygens (including phenoxy) is 5. The van der Waals surface area contributed by atoms with Gasteiger partial charge in [0.05, 0.1) is 31.0 Å². The molecule has 0 spiro atoms. The van der Waals surface area contributed by atoms with Gasteiger partial charge in [0.1, 0.15) is 12.2 Å². The van der Waals surface area contributed by atoms with E-state index in [1.165, 1.54) is 6.92 Å². The number of rotatable bonds is 21. The average molecular weight is 800 g/mol. The molecule has 1 aromatic rings. The van der Waals surface area contributed by atoms with Crippen LogP contribution < -0.4 is 5.32 Å². The smallest absolute Gasteiger partial charge is 0.338 e. The van der Waals surface area contributed by atoms with Gasteiger partial charge in [0.2, 0.25) is 0 Å². The summed E-state index contributed by atoms with van der Waals surface area (Å²) in [7, 11) is -5.00. The monoisotopic (exact) mass is 799 g/mol. The van der Waals surface area contributed by atoms with Crippen LogP contribution in [0.2, 0.25) is 54.4 Å². The van der Waals surface area contributed by atoms with Gasteiger partial charge in [-0.2, -0.15) is 0 Å². The second-order valence-corrected chi connectivity index (χ2v) is 28.6. The van der Waals surface area contributed by atoms with Crippen LogP contribution >= 0.6 is 0 Å². The molecule has 1 unspecified atom stereocenters. The maximum Gasteiger partial charge on any atom is 0.338 e. The van der Waals surface area contributed by atoms with Gasteiger partial charge >= 0.3 is 11.9 Å². The molecule has 2 N–H and O–H groups in total. The molecule has 304 valence electrons. The van der Waals surface area contributed by atoms with E-state index in [4.69, 9.17) is 37.0 Å². The van der Waals surface area contributed by atoms with Crippen LogP contribution in [0.25, 0.3) is 0 Å². The third kappa shape index (κ3) is 11.2. The number of esters is 2. The minimum atomic E-state index is -2.35. The highest BCUT2D eigenvalue weighted by Gasteiger charge is 2.54. The topological polar surface area (TPSA) is 140 Å². The minimum absolute atomic E-state index is 0.0220. The Kier molecular flexibility index (Phi) is 18.1. The summed E-state index contributed by atoms with van der Waals surface area (Å²) in [5.41, 5.74) is 1.22. The predicted molar refractivity (Wildman–Crippen MR) is 214 cm³/mol. The summed E-state index contributed by atoms with van der Waals surface area (Å²) in [5.74, 6) is -1.16. The Morgan fingerprint density at radius 1 is 0.660 bits per heavy atom. The van der Waals surface area contributed by atoms with Crippen molar-refractivity contribution in [3.05, 3.63) is 29.8 Å². The zero-order valence-corrected chi connectivity index (χ0v) is 37.2. The van der Waals surface area contributed by atoms with Crippen LogP contribution in [0.1, 0.15) is 79.6 Å². The number of nitrogens with one attached hydrogen (secondary N) is 1. The number of anilines is 1. The third-order valence-corrected chi connectivity index (χ3v) is 26.0. The average Bonchev–Trinajstić information content (AvgIpc) is 3.18. The first-order valence-corrected chi connectivity index (χ1v) is 27.7. The van der Waals surface area contributed by atoms with E-state index in [0.29, 0.717) is 5.56 Å². The van der Waals surface area contributed by atoms with Crippen molar-refractivity contribution in [2.75, 3.05) is 25.6 Å². The standard InChI is InChI=1S/C38H69NO11Si3/c1-12-51(13-2,14-3)48-30-25-43-37(42)34(45-27(10)40)32(30)47-38-35(46-36(41)28-21-23-29(39-11)24-22-28)33(50-53(18-7,19-8)20-9)31(26-44-38)49-52(15-4,16-5)17-6/h21-24,30-35,37-39,42H,12-20,25-26H2,1-11H3/t30-,31+,32-,33-,34+,35+,37?,38-/m0/s1. The molecule has 12 nitrogen and oxygen atoms in total. The molecule has 2 fully saturated rings. The molecule has 2 aliphatic heterocycles. The van der Waals surface area contributed by atoms with Crippen LogP contribution in [-0.2, 0) is 41.8 Å². The molecule has 0 radical (unpaired) electrons. The van der Waals surface area contributed by atoms with E-state index in [-0.39, 0.29) is 13.2 Å². The Morgan fingerprint density at radius 2 is 1.11 bits per heavy atom. The summed E-state index contributed by atoms with van der Waals surface area (Å²) in [5, 5.41) is 14.2. The molecule has 1 aromatic carbocycles. The van der Waals surface area contributed by atoms with E-state index < -0.39 is 86.1 Å². The van der Waals surface area contributed by atoms with Crippen LogP contribution in [0.3, 0.4) is 0 Å². The molecular weight excluding hydrogens is 731 g/mol. The van der Waals surface area contributed by atoms with Gasteiger partial charge in [0.15, 0.2) is 49.7 Å². The van der Waals surface area contributed by atoms with Gasteiger partial charge in [0, 0.05) is 19.7 Å². The lowest BCUT2D eigenvalue weighted by atomic mass is 10.0. The molecule has 53 heavy (non-hydrogen) atoms.